The summed E-state index contributed by atoms with van der Waals surface area (Å²) in [5, 5.41) is 9.98. The molecule has 1 aliphatic carbocycles. The second kappa shape index (κ2) is 3.74. The van der Waals surface area contributed by atoms with Gasteiger partial charge < -0.3 is 14.6 Å². The van der Waals surface area contributed by atoms with Gasteiger partial charge in [0.2, 0.25) is 0 Å². The molecule has 0 saturated carbocycles. The van der Waals surface area contributed by atoms with E-state index in [9.17, 15) is 5.11 Å². The molecule has 0 heterocycles. The van der Waals surface area contributed by atoms with Gasteiger partial charge in [-0.3, -0.25) is 0 Å². The lowest BCUT2D eigenvalue weighted by Crippen LogP contribution is -2.01. The fourth-order valence-corrected chi connectivity index (χ4v) is 2.16. The van der Waals surface area contributed by atoms with Crippen LogP contribution in [0.1, 0.15) is 24.2 Å². The van der Waals surface area contributed by atoms with Crippen molar-refractivity contribution in [2.24, 2.45) is 5.92 Å². The SMILES string of the molecule is COc1cc(OC)c2c(c1)C(O)C(C)C2. The lowest BCUT2D eigenvalue weighted by Gasteiger charge is -2.11. The van der Waals surface area contributed by atoms with E-state index >= 15 is 0 Å². The smallest absolute Gasteiger partial charge is 0.126 e. The molecule has 0 aromatic heterocycles. The van der Waals surface area contributed by atoms with Crippen molar-refractivity contribution < 1.29 is 14.6 Å². The number of rotatable bonds is 2. The molecule has 1 N–H and O–H groups in total. The Morgan fingerprint density at radius 1 is 1.27 bits per heavy atom. The summed E-state index contributed by atoms with van der Waals surface area (Å²) in [6.45, 7) is 2.04. The normalized spacial score (nSPS) is 23.7. The Hall–Kier alpha value is -1.22. The van der Waals surface area contributed by atoms with E-state index in [2.05, 4.69) is 0 Å². The quantitative estimate of drug-likeness (QED) is 0.807. The number of benzene rings is 1. The number of hydrogen-bond donors (Lipinski definition) is 1. The maximum absolute atomic E-state index is 9.98. The van der Waals surface area contributed by atoms with Crippen molar-refractivity contribution in [1.29, 1.82) is 0 Å². The highest BCUT2D eigenvalue weighted by Gasteiger charge is 2.30. The van der Waals surface area contributed by atoms with Crippen LogP contribution in [0.3, 0.4) is 0 Å². The molecule has 1 aromatic rings. The first-order chi connectivity index (χ1) is 7.17. The second-order valence-corrected chi connectivity index (χ2v) is 4.02. The Morgan fingerprint density at radius 3 is 2.60 bits per heavy atom. The highest BCUT2D eigenvalue weighted by atomic mass is 16.5. The van der Waals surface area contributed by atoms with Crippen molar-refractivity contribution in [3.63, 3.8) is 0 Å². The molecular formula is C12H16O3. The van der Waals surface area contributed by atoms with Crippen molar-refractivity contribution in [2.45, 2.75) is 19.4 Å². The highest BCUT2D eigenvalue weighted by molar-refractivity contribution is 5.50. The molecule has 0 saturated heterocycles. The third-order valence-electron chi connectivity index (χ3n) is 3.06. The maximum Gasteiger partial charge on any atom is 0.126 e. The topological polar surface area (TPSA) is 38.7 Å². The average molecular weight is 208 g/mol. The molecule has 1 aliphatic rings. The number of fused-ring (bicyclic) bond motifs is 1. The zero-order chi connectivity index (χ0) is 11.0. The summed E-state index contributed by atoms with van der Waals surface area (Å²) in [5.41, 5.74) is 2.05. The molecule has 82 valence electrons. The van der Waals surface area contributed by atoms with Crippen LogP contribution in [0.25, 0.3) is 0 Å². The molecule has 0 amide bonds. The predicted octanol–water partition coefficient (Wildman–Crippen LogP) is 1.93. The van der Waals surface area contributed by atoms with Gasteiger partial charge in [0.05, 0.1) is 20.3 Å². The Balaban J connectivity index is 2.52. The Bertz CT molecular complexity index is 373. The van der Waals surface area contributed by atoms with Crippen molar-refractivity contribution in [1.82, 2.24) is 0 Å². The minimum absolute atomic E-state index is 0.251. The third kappa shape index (κ3) is 1.57. The first-order valence-electron chi connectivity index (χ1n) is 5.10. The number of aliphatic hydroxyl groups excluding tert-OH is 1. The van der Waals surface area contributed by atoms with Crippen LogP contribution in [-0.4, -0.2) is 19.3 Å². The predicted molar refractivity (Wildman–Crippen MR) is 57.4 cm³/mol. The molecule has 0 spiro atoms. The molecule has 3 heteroatoms. The molecule has 3 nitrogen and oxygen atoms in total. The zero-order valence-electron chi connectivity index (χ0n) is 9.28. The fraction of sp³-hybridized carbons (Fsp3) is 0.500. The lowest BCUT2D eigenvalue weighted by molar-refractivity contribution is 0.132. The van der Waals surface area contributed by atoms with Gasteiger partial charge in [0.25, 0.3) is 0 Å². The zero-order valence-corrected chi connectivity index (χ0v) is 9.28. The van der Waals surface area contributed by atoms with Crippen LogP contribution in [0, 0.1) is 5.92 Å². The van der Waals surface area contributed by atoms with Crippen LogP contribution in [0.4, 0.5) is 0 Å². The van der Waals surface area contributed by atoms with Gasteiger partial charge in [0.1, 0.15) is 11.5 Å². The van der Waals surface area contributed by atoms with Gasteiger partial charge in [0.15, 0.2) is 0 Å². The van der Waals surface area contributed by atoms with Crippen molar-refractivity contribution in [3.05, 3.63) is 23.3 Å². The van der Waals surface area contributed by atoms with Crippen LogP contribution in [-0.2, 0) is 6.42 Å². The molecule has 15 heavy (non-hydrogen) atoms. The van der Waals surface area contributed by atoms with Gasteiger partial charge in [-0.25, -0.2) is 0 Å². The monoisotopic (exact) mass is 208 g/mol. The number of ether oxygens (including phenoxy) is 2. The van der Waals surface area contributed by atoms with Gasteiger partial charge in [-0.15, -0.1) is 0 Å². The third-order valence-corrected chi connectivity index (χ3v) is 3.06. The highest BCUT2D eigenvalue weighted by Crippen LogP contribution is 2.42. The van der Waals surface area contributed by atoms with E-state index in [4.69, 9.17) is 9.47 Å². The van der Waals surface area contributed by atoms with Crippen LogP contribution >= 0.6 is 0 Å². The molecule has 1 aromatic carbocycles. The maximum atomic E-state index is 9.98. The molecule has 2 unspecified atom stereocenters. The minimum atomic E-state index is -0.399. The van der Waals surface area contributed by atoms with E-state index in [0.717, 1.165) is 29.0 Å². The van der Waals surface area contributed by atoms with E-state index in [0.29, 0.717) is 0 Å². The van der Waals surface area contributed by atoms with Crippen LogP contribution in [0.5, 0.6) is 11.5 Å². The summed E-state index contributed by atoms with van der Waals surface area (Å²) in [6, 6.07) is 3.76. The summed E-state index contributed by atoms with van der Waals surface area (Å²) in [7, 11) is 3.26. The van der Waals surface area contributed by atoms with Crippen molar-refractivity contribution in [2.75, 3.05) is 14.2 Å². The summed E-state index contributed by atoms with van der Waals surface area (Å²) in [4.78, 5) is 0. The number of aliphatic hydroxyl groups is 1. The van der Waals surface area contributed by atoms with Crippen molar-refractivity contribution >= 4 is 0 Å². The first-order valence-corrected chi connectivity index (χ1v) is 5.10. The molecular weight excluding hydrogens is 192 g/mol. The Morgan fingerprint density at radius 2 is 2.00 bits per heavy atom. The standard InChI is InChI=1S/C12H16O3/c1-7-4-9-10(12(7)13)5-8(14-2)6-11(9)15-3/h5-7,12-13H,4H2,1-3H3. The molecule has 2 atom stereocenters. The molecule has 0 radical (unpaired) electrons. The average Bonchev–Trinajstić information content (AvgIpc) is 2.54. The van der Waals surface area contributed by atoms with E-state index in [1.165, 1.54) is 0 Å². The first kappa shape index (κ1) is 10.3. The molecule has 2 rings (SSSR count). The Kier molecular flexibility index (Phi) is 2.57. The summed E-state index contributed by atoms with van der Waals surface area (Å²) in [6.07, 6.45) is 0.466. The molecule has 0 aliphatic heterocycles. The van der Waals surface area contributed by atoms with Gasteiger partial charge >= 0.3 is 0 Å². The lowest BCUT2D eigenvalue weighted by atomic mass is 10.1. The van der Waals surface area contributed by atoms with Gasteiger partial charge in [-0.05, 0) is 24.0 Å². The van der Waals surface area contributed by atoms with E-state index < -0.39 is 6.10 Å². The van der Waals surface area contributed by atoms with Gasteiger partial charge in [0, 0.05) is 11.6 Å². The largest absolute Gasteiger partial charge is 0.497 e. The van der Waals surface area contributed by atoms with E-state index in [-0.39, 0.29) is 5.92 Å². The van der Waals surface area contributed by atoms with Gasteiger partial charge in [-0.2, -0.15) is 0 Å². The van der Waals surface area contributed by atoms with Crippen molar-refractivity contribution in [3.8, 4) is 11.5 Å². The molecule has 0 fully saturated rings. The summed E-state index contributed by atoms with van der Waals surface area (Å²) in [5.74, 6) is 1.80. The minimum Gasteiger partial charge on any atom is -0.497 e. The van der Waals surface area contributed by atoms with Crippen LogP contribution < -0.4 is 9.47 Å². The summed E-state index contributed by atoms with van der Waals surface area (Å²) >= 11 is 0. The van der Waals surface area contributed by atoms with Crippen LogP contribution in [0.15, 0.2) is 12.1 Å². The Labute approximate surface area is 89.6 Å². The summed E-state index contributed by atoms with van der Waals surface area (Å²) < 4.78 is 10.5. The fourth-order valence-electron chi connectivity index (χ4n) is 2.16. The van der Waals surface area contributed by atoms with E-state index in [1.807, 2.05) is 19.1 Å². The number of hydrogen-bond acceptors (Lipinski definition) is 3. The van der Waals surface area contributed by atoms with Crippen LogP contribution in [0.2, 0.25) is 0 Å². The number of methoxy groups -OCH3 is 2. The van der Waals surface area contributed by atoms with E-state index in [1.54, 1.807) is 14.2 Å². The van der Waals surface area contributed by atoms with Gasteiger partial charge in [-0.1, -0.05) is 6.92 Å². The second-order valence-electron chi connectivity index (χ2n) is 4.02. The molecule has 0 bridgehead atoms.